The topological polar surface area (TPSA) is 58.2 Å². The Morgan fingerprint density at radius 1 is 1.37 bits per heavy atom. The van der Waals surface area contributed by atoms with Crippen LogP contribution in [0.1, 0.15) is 31.7 Å². The molecule has 0 spiro atoms. The molecule has 4 heteroatoms. The average molecular weight is 260 g/mol. The molecule has 0 aliphatic carbocycles. The number of amides is 2. The normalized spacial score (nSPS) is 18.8. The molecule has 1 aliphatic rings. The maximum atomic E-state index is 12.0. The Morgan fingerprint density at radius 3 is 2.68 bits per heavy atom. The van der Waals surface area contributed by atoms with E-state index in [0.29, 0.717) is 19.4 Å². The van der Waals surface area contributed by atoms with Crippen molar-refractivity contribution in [3.05, 3.63) is 29.8 Å². The molecule has 1 atom stereocenters. The molecule has 2 rings (SSSR count). The summed E-state index contributed by atoms with van der Waals surface area (Å²) in [5.74, 6) is -0.0933. The first-order chi connectivity index (χ1) is 9.19. The van der Waals surface area contributed by atoms with E-state index in [9.17, 15) is 9.59 Å². The molecular formula is C15H20N2O2. The predicted octanol–water partition coefficient (Wildman–Crippen LogP) is 2.10. The van der Waals surface area contributed by atoms with Gasteiger partial charge in [0.2, 0.25) is 11.8 Å². The molecule has 2 N–H and O–H groups in total. The van der Waals surface area contributed by atoms with Crippen molar-refractivity contribution in [2.75, 3.05) is 11.9 Å². The van der Waals surface area contributed by atoms with E-state index in [2.05, 4.69) is 17.6 Å². The minimum Gasteiger partial charge on any atom is -0.355 e. The molecule has 1 aromatic rings. The molecule has 0 aromatic heterocycles. The third-order valence-corrected chi connectivity index (χ3v) is 3.40. The molecule has 2 amide bonds. The first kappa shape index (κ1) is 13.6. The molecule has 19 heavy (non-hydrogen) atoms. The number of benzene rings is 1. The Morgan fingerprint density at radius 2 is 2.11 bits per heavy atom. The van der Waals surface area contributed by atoms with Gasteiger partial charge in [0.15, 0.2) is 0 Å². The van der Waals surface area contributed by atoms with Crippen LogP contribution >= 0.6 is 0 Å². The lowest BCUT2D eigenvalue weighted by atomic mass is 9.98. The van der Waals surface area contributed by atoms with Crippen LogP contribution in [0, 0.1) is 5.92 Å². The fraction of sp³-hybridized carbons (Fsp3) is 0.467. The molecular weight excluding hydrogens is 240 g/mol. The number of aryl methyl sites for hydroxylation is 1. The van der Waals surface area contributed by atoms with Gasteiger partial charge in [-0.15, -0.1) is 0 Å². The second-order valence-electron chi connectivity index (χ2n) is 4.98. The lowest BCUT2D eigenvalue weighted by molar-refractivity contribution is -0.126. The van der Waals surface area contributed by atoms with E-state index >= 15 is 0 Å². The summed E-state index contributed by atoms with van der Waals surface area (Å²) in [6.45, 7) is 2.59. The van der Waals surface area contributed by atoms with Gasteiger partial charge in [-0.1, -0.05) is 25.5 Å². The largest absolute Gasteiger partial charge is 0.355 e. The van der Waals surface area contributed by atoms with Crippen molar-refractivity contribution in [3.63, 3.8) is 0 Å². The van der Waals surface area contributed by atoms with Gasteiger partial charge in [0, 0.05) is 18.7 Å². The quantitative estimate of drug-likeness (QED) is 0.871. The van der Waals surface area contributed by atoms with E-state index in [0.717, 1.165) is 18.5 Å². The minimum atomic E-state index is -0.118. The number of rotatable bonds is 4. The SMILES string of the molecule is CCCc1ccc(NC(=O)C2CCC(=O)NC2)cc1. The number of carbonyl (C=O) groups excluding carboxylic acids is 2. The van der Waals surface area contributed by atoms with Crippen LogP contribution in [0.3, 0.4) is 0 Å². The van der Waals surface area contributed by atoms with Crippen molar-refractivity contribution in [2.45, 2.75) is 32.6 Å². The van der Waals surface area contributed by atoms with Crippen molar-refractivity contribution < 1.29 is 9.59 Å². The highest BCUT2D eigenvalue weighted by atomic mass is 16.2. The summed E-state index contributed by atoms with van der Waals surface area (Å²) in [4.78, 5) is 23.1. The summed E-state index contributed by atoms with van der Waals surface area (Å²) in [7, 11) is 0. The van der Waals surface area contributed by atoms with Crippen LogP contribution in [0.5, 0.6) is 0 Å². The van der Waals surface area contributed by atoms with E-state index in [-0.39, 0.29) is 17.7 Å². The highest BCUT2D eigenvalue weighted by molar-refractivity contribution is 5.94. The van der Waals surface area contributed by atoms with Gasteiger partial charge >= 0.3 is 0 Å². The van der Waals surface area contributed by atoms with Gasteiger partial charge in [0.05, 0.1) is 5.92 Å². The summed E-state index contributed by atoms with van der Waals surface area (Å²) < 4.78 is 0. The van der Waals surface area contributed by atoms with E-state index in [1.54, 1.807) is 0 Å². The molecule has 1 saturated heterocycles. The average Bonchev–Trinajstić information content (AvgIpc) is 2.42. The Balaban J connectivity index is 1.89. The van der Waals surface area contributed by atoms with Crippen molar-refractivity contribution in [2.24, 2.45) is 5.92 Å². The fourth-order valence-electron chi connectivity index (χ4n) is 2.24. The molecule has 1 aromatic carbocycles. The second-order valence-corrected chi connectivity index (χ2v) is 4.98. The summed E-state index contributed by atoms with van der Waals surface area (Å²) >= 11 is 0. The summed E-state index contributed by atoms with van der Waals surface area (Å²) in [6, 6.07) is 7.96. The smallest absolute Gasteiger partial charge is 0.229 e. The number of piperidine rings is 1. The van der Waals surface area contributed by atoms with E-state index in [4.69, 9.17) is 0 Å². The highest BCUT2D eigenvalue weighted by Gasteiger charge is 2.24. The molecule has 0 bridgehead atoms. The summed E-state index contributed by atoms with van der Waals surface area (Å²) in [5.41, 5.74) is 2.10. The first-order valence-electron chi connectivity index (χ1n) is 6.85. The van der Waals surface area contributed by atoms with Gasteiger partial charge in [-0.3, -0.25) is 9.59 Å². The van der Waals surface area contributed by atoms with Crippen LogP contribution in [0.2, 0.25) is 0 Å². The van der Waals surface area contributed by atoms with Gasteiger partial charge in [-0.2, -0.15) is 0 Å². The molecule has 102 valence electrons. The Hall–Kier alpha value is -1.84. The van der Waals surface area contributed by atoms with E-state index in [1.807, 2.05) is 24.3 Å². The predicted molar refractivity (Wildman–Crippen MR) is 74.8 cm³/mol. The van der Waals surface area contributed by atoms with Crippen LogP contribution in [-0.2, 0) is 16.0 Å². The molecule has 1 fully saturated rings. The van der Waals surface area contributed by atoms with Crippen LogP contribution in [-0.4, -0.2) is 18.4 Å². The van der Waals surface area contributed by atoms with Crippen LogP contribution in [0.4, 0.5) is 5.69 Å². The van der Waals surface area contributed by atoms with Gasteiger partial charge in [0.1, 0.15) is 0 Å². The molecule has 1 aliphatic heterocycles. The zero-order valence-electron chi connectivity index (χ0n) is 11.2. The summed E-state index contributed by atoms with van der Waals surface area (Å²) in [5, 5.41) is 5.63. The Labute approximate surface area is 113 Å². The minimum absolute atomic E-state index is 0.0109. The van der Waals surface area contributed by atoms with E-state index in [1.165, 1.54) is 5.56 Å². The maximum Gasteiger partial charge on any atom is 0.229 e. The van der Waals surface area contributed by atoms with Crippen LogP contribution in [0.15, 0.2) is 24.3 Å². The number of hydrogen-bond acceptors (Lipinski definition) is 2. The fourth-order valence-corrected chi connectivity index (χ4v) is 2.24. The molecule has 1 heterocycles. The first-order valence-corrected chi connectivity index (χ1v) is 6.85. The van der Waals surface area contributed by atoms with E-state index < -0.39 is 0 Å². The van der Waals surface area contributed by atoms with Crippen molar-refractivity contribution in [1.29, 1.82) is 0 Å². The van der Waals surface area contributed by atoms with Gasteiger partial charge in [0.25, 0.3) is 0 Å². The monoisotopic (exact) mass is 260 g/mol. The number of anilines is 1. The number of hydrogen-bond donors (Lipinski definition) is 2. The molecule has 0 saturated carbocycles. The molecule has 0 radical (unpaired) electrons. The third-order valence-electron chi connectivity index (χ3n) is 3.40. The van der Waals surface area contributed by atoms with Crippen molar-refractivity contribution in [3.8, 4) is 0 Å². The lowest BCUT2D eigenvalue weighted by Gasteiger charge is -2.21. The Bertz CT molecular complexity index is 444. The number of carbonyl (C=O) groups is 2. The highest BCUT2D eigenvalue weighted by Crippen LogP contribution is 2.16. The van der Waals surface area contributed by atoms with Gasteiger partial charge in [-0.25, -0.2) is 0 Å². The maximum absolute atomic E-state index is 12.0. The van der Waals surface area contributed by atoms with Crippen molar-refractivity contribution in [1.82, 2.24) is 5.32 Å². The van der Waals surface area contributed by atoms with Crippen LogP contribution in [0.25, 0.3) is 0 Å². The van der Waals surface area contributed by atoms with Crippen molar-refractivity contribution >= 4 is 17.5 Å². The zero-order valence-corrected chi connectivity index (χ0v) is 11.2. The van der Waals surface area contributed by atoms with Gasteiger partial charge in [-0.05, 0) is 30.5 Å². The summed E-state index contributed by atoms with van der Waals surface area (Å²) in [6.07, 6.45) is 3.25. The van der Waals surface area contributed by atoms with Crippen LogP contribution < -0.4 is 10.6 Å². The Kier molecular flexibility index (Phi) is 4.55. The second kappa shape index (κ2) is 6.36. The zero-order chi connectivity index (χ0) is 13.7. The lowest BCUT2D eigenvalue weighted by Crippen LogP contribution is -2.40. The molecule has 4 nitrogen and oxygen atoms in total. The standard InChI is InChI=1S/C15H20N2O2/c1-2-3-11-4-7-13(8-5-11)17-15(19)12-6-9-14(18)16-10-12/h4-5,7-8,12H,2-3,6,9-10H2,1H3,(H,16,18)(H,17,19). The number of nitrogens with one attached hydrogen (secondary N) is 2. The molecule has 1 unspecified atom stereocenters. The third kappa shape index (κ3) is 3.81. The van der Waals surface area contributed by atoms with Gasteiger partial charge < -0.3 is 10.6 Å².